The first-order valence-electron chi connectivity index (χ1n) is 9.85. The third-order valence-corrected chi connectivity index (χ3v) is 5.68. The minimum Gasteiger partial charge on any atom is -0.390 e. The Labute approximate surface area is 173 Å². The fourth-order valence-corrected chi connectivity index (χ4v) is 4.16. The summed E-state index contributed by atoms with van der Waals surface area (Å²) >= 11 is 0. The van der Waals surface area contributed by atoms with Crippen LogP contribution in [0.5, 0.6) is 0 Å². The number of anilines is 1. The van der Waals surface area contributed by atoms with E-state index in [4.69, 9.17) is 10.7 Å². The number of aromatic nitrogens is 4. The Morgan fingerprint density at radius 3 is 2.43 bits per heavy atom. The Morgan fingerprint density at radius 2 is 1.77 bits per heavy atom. The molecule has 0 amide bonds. The van der Waals surface area contributed by atoms with E-state index in [0.717, 1.165) is 11.4 Å². The molecule has 1 aliphatic rings. The second kappa shape index (κ2) is 6.74. The summed E-state index contributed by atoms with van der Waals surface area (Å²) in [6.07, 6.45) is 2.66. The smallest absolute Gasteiger partial charge is 0.193 e. The van der Waals surface area contributed by atoms with Crippen molar-refractivity contribution in [1.82, 2.24) is 19.6 Å². The topological polar surface area (TPSA) is 106 Å². The van der Waals surface area contributed by atoms with Crippen molar-refractivity contribution in [3.05, 3.63) is 77.9 Å². The number of rotatable bonds is 4. The number of imidazole rings is 1. The van der Waals surface area contributed by atoms with Gasteiger partial charge in [-0.25, -0.2) is 14.5 Å². The van der Waals surface area contributed by atoms with Crippen LogP contribution in [0, 0.1) is 0 Å². The molecule has 0 aliphatic heterocycles. The molecule has 4 aromatic rings. The van der Waals surface area contributed by atoms with Gasteiger partial charge in [-0.15, -0.1) is 0 Å². The lowest BCUT2D eigenvalue weighted by atomic mass is 9.72. The van der Waals surface area contributed by atoms with E-state index < -0.39 is 5.60 Å². The highest BCUT2D eigenvalue weighted by Gasteiger charge is 2.42. The van der Waals surface area contributed by atoms with Crippen LogP contribution in [0.1, 0.15) is 47.4 Å². The first-order valence-corrected chi connectivity index (χ1v) is 9.85. The van der Waals surface area contributed by atoms with Crippen molar-refractivity contribution in [3.63, 3.8) is 0 Å². The predicted octanol–water partition coefficient (Wildman–Crippen LogP) is 3.23. The van der Waals surface area contributed by atoms with E-state index in [-0.39, 0.29) is 11.7 Å². The third-order valence-electron chi connectivity index (χ3n) is 5.68. The van der Waals surface area contributed by atoms with Crippen molar-refractivity contribution < 1.29 is 9.90 Å². The molecule has 7 heteroatoms. The van der Waals surface area contributed by atoms with Gasteiger partial charge in [0.05, 0.1) is 5.60 Å². The zero-order valence-corrected chi connectivity index (χ0v) is 16.5. The Hall–Kier alpha value is -3.58. The Bertz CT molecular complexity index is 1240. The number of carbonyl (C=O) groups excluding carboxylic acids is 1. The number of hydrogen-bond acceptors (Lipinski definition) is 6. The van der Waals surface area contributed by atoms with Crippen LogP contribution in [-0.2, 0) is 0 Å². The normalized spacial score (nSPS) is 20.8. The van der Waals surface area contributed by atoms with Crippen LogP contribution in [0.3, 0.4) is 0 Å². The number of fused-ring (bicyclic) bond motifs is 1. The largest absolute Gasteiger partial charge is 0.390 e. The molecule has 150 valence electrons. The third kappa shape index (κ3) is 3.04. The van der Waals surface area contributed by atoms with Crippen molar-refractivity contribution in [2.45, 2.75) is 31.3 Å². The molecular formula is C23H21N5O2. The molecule has 1 fully saturated rings. The van der Waals surface area contributed by atoms with Crippen LogP contribution in [0.4, 0.5) is 5.82 Å². The van der Waals surface area contributed by atoms with E-state index in [9.17, 15) is 9.90 Å². The zero-order chi connectivity index (χ0) is 20.9. The second-order valence-corrected chi connectivity index (χ2v) is 8.10. The van der Waals surface area contributed by atoms with Crippen molar-refractivity contribution in [2.24, 2.45) is 0 Å². The zero-order valence-electron chi connectivity index (χ0n) is 16.5. The number of carbonyl (C=O) groups is 1. The summed E-state index contributed by atoms with van der Waals surface area (Å²) in [6.45, 7) is 1.83. The summed E-state index contributed by atoms with van der Waals surface area (Å²) in [5.41, 5.74) is 8.88. The Kier molecular flexibility index (Phi) is 4.15. The van der Waals surface area contributed by atoms with Crippen LogP contribution in [0.25, 0.3) is 16.8 Å². The summed E-state index contributed by atoms with van der Waals surface area (Å²) in [7, 11) is 0. The SMILES string of the molecule is CC1(O)CC(c2nc(-c3ccc(C(=O)c4ccccc4)cc3)c3c(N)ncnn23)C1. The number of benzene rings is 2. The highest BCUT2D eigenvalue weighted by molar-refractivity contribution is 6.09. The van der Waals surface area contributed by atoms with Gasteiger partial charge in [0.15, 0.2) is 11.6 Å². The molecule has 3 N–H and O–H groups in total. The minimum absolute atomic E-state index is 0.0305. The molecule has 0 atom stereocenters. The average Bonchev–Trinajstić information content (AvgIpc) is 3.13. The van der Waals surface area contributed by atoms with Gasteiger partial charge in [-0.05, 0) is 19.8 Å². The quantitative estimate of drug-likeness (QED) is 0.510. The van der Waals surface area contributed by atoms with Crippen molar-refractivity contribution in [3.8, 4) is 11.3 Å². The molecule has 1 saturated carbocycles. The fourth-order valence-electron chi connectivity index (χ4n) is 4.16. The van der Waals surface area contributed by atoms with E-state index in [1.54, 1.807) is 28.8 Å². The van der Waals surface area contributed by atoms with Crippen LogP contribution in [0.2, 0.25) is 0 Å². The molecule has 0 radical (unpaired) electrons. The van der Waals surface area contributed by atoms with Gasteiger partial charge >= 0.3 is 0 Å². The second-order valence-electron chi connectivity index (χ2n) is 8.10. The number of nitrogens with zero attached hydrogens (tertiary/aromatic N) is 4. The summed E-state index contributed by atoms with van der Waals surface area (Å²) in [6, 6.07) is 16.5. The summed E-state index contributed by atoms with van der Waals surface area (Å²) in [4.78, 5) is 21.6. The monoisotopic (exact) mass is 399 g/mol. The van der Waals surface area contributed by atoms with Gasteiger partial charge in [0.25, 0.3) is 0 Å². The minimum atomic E-state index is -0.672. The van der Waals surface area contributed by atoms with E-state index in [1.165, 1.54) is 6.33 Å². The van der Waals surface area contributed by atoms with Crippen molar-refractivity contribution >= 4 is 17.1 Å². The van der Waals surface area contributed by atoms with Crippen LogP contribution >= 0.6 is 0 Å². The van der Waals surface area contributed by atoms with Gasteiger partial charge in [0.2, 0.25) is 0 Å². The maximum absolute atomic E-state index is 12.7. The van der Waals surface area contributed by atoms with Gasteiger partial charge in [-0.2, -0.15) is 5.10 Å². The fraction of sp³-hybridized carbons (Fsp3) is 0.217. The van der Waals surface area contributed by atoms with Crippen LogP contribution < -0.4 is 5.73 Å². The van der Waals surface area contributed by atoms with Crippen LogP contribution in [0.15, 0.2) is 60.9 Å². The summed E-state index contributed by atoms with van der Waals surface area (Å²) < 4.78 is 1.72. The lowest BCUT2D eigenvalue weighted by Gasteiger charge is -2.39. The molecule has 5 rings (SSSR count). The molecule has 2 heterocycles. The molecule has 7 nitrogen and oxygen atoms in total. The maximum atomic E-state index is 12.7. The molecule has 0 saturated heterocycles. The molecule has 30 heavy (non-hydrogen) atoms. The Morgan fingerprint density at radius 1 is 1.10 bits per heavy atom. The first kappa shape index (κ1) is 18.4. The van der Waals surface area contributed by atoms with E-state index in [0.29, 0.717) is 41.0 Å². The van der Waals surface area contributed by atoms with Gasteiger partial charge in [-0.1, -0.05) is 54.6 Å². The molecular weight excluding hydrogens is 378 g/mol. The molecule has 2 aromatic carbocycles. The summed E-state index contributed by atoms with van der Waals surface area (Å²) in [5, 5.41) is 14.5. The van der Waals surface area contributed by atoms with Crippen LogP contribution in [-0.4, -0.2) is 36.1 Å². The van der Waals surface area contributed by atoms with Gasteiger partial charge in [-0.3, -0.25) is 4.79 Å². The van der Waals surface area contributed by atoms with E-state index in [1.807, 2.05) is 37.3 Å². The average molecular weight is 399 g/mol. The summed E-state index contributed by atoms with van der Waals surface area (Å²) in [5.74, 6) is 1.19. The van der Waals surface area contributed by atoms with Crippen molar-refractivity contribution in [2.75, 3.05) is 5.73 Å². The Balaban J connectivity index is 1.54. The number of ketones is 1. The number of hydrogen-bond donors (Lipinski definition) is 2. The first-order chi connectivity index (χ1) is 14.4. The molecule has 0 bridgehead atoms. The highest BCUT2D eigenvalue weighted by Crippen LogP contribution is 2.45. The van der Waals surface area contributed by atoms with E-state index in [2.05, 4.69) is 10.1 Å². The van der Waals surface area contributed by atoms with Gasteiger partial charge in [0.1, 0.15) is 23.4 Å². The maximum Gasteiger partial charge on any atom is 0.193 e. The molecule has 0 spiro atoms. The standard InChI is InChI=1S/C23H21N5O2/c1-23(30)11-17(12-23)22-27-18(19-21(24)25-13-26-28(19)22)14-7-9-16(10-8-14)20(29)15-5-3-2-4-6-15/h2-10,13,17,30H,11-12H2,1H3,(H2,24,25,26). The molecule has 0 unspecified atom stereocenters. The van der Waals surface area contributed by atoms with Gasteiger partial charge < -0.3 is 10.8 Å². The molecule has 2 aromatic heterocycles. The molecule has 1 aliphatic carbocycles. The number of aliphatic hydroxyl groups is 1. The van der Waals surface area contributed by atoms with Crippen molar-refractivity contribution in [1.29, 1.82) is 0 Å². The number of nitrogen functional groups attached to an aromatic ring is 1. The number of nitrogens with two attached hydrogens (primary N) is 1. The van der Waals surface area contributed by atoms with Gasteiger partial charge in [0, 0.05) is 22.6 Å². The lowest BCUT2D eigenvalue weighted by Crippen LogP contribution is -2.40. The van der Waals surface area contributed by atoms with E-state index >= 15 is 0 Å². The predicted molar refractivity (Wildman–Crippen MR) is 113 cm³/mol. The highest BCUT2D eigenvalue weighted by atomic mass is 16.3. The lowest BCUT2D eigenvalue weighted by molar-refractivity contribution is -0.0337.